The molecule has 0 radical (unpaired) electrons. The second kappa shape index (κ2) is 7.79. The van der Waals surface area contributed by atoms with Crippen molar-refractivity contribution in [2.45, 2.75) is 25.3 Å². The van der Waals surface area contributed by atoms with Gasteiger partial charge in [0, 0.05) is 28.4 Å². The largest absolute Gasteiger partial charge is 0.508 e. The standard InChI is InChI=1S/C21H20FNO2S/c1-14-11-20(21(25)13-26-19-9-7-18(24)8-10-19)15(2)23(14)12-16-3-5-17(22)6-4-16/h3-11,24H,12-13H2,1-2H3. The lowest BCUT2D eigenvalue weighted by atomic mass is 10.2. The van der Waals surface area contributed by atoms with Gasteiger partial charge in [0.05, 0.1) is 5.75 Å². The van der Waals surface area contributed by atoms with Crippen LogP contribution in [0.25, 0.3) is 0 Å². The smallest absolute Gasteiger partial charge is 0.174 e. The highest BCUT2D eigenvalue weighted by Gasteiger charge is 2.16. The summed E-state index contributed by atoms with van der Waals surface area (Å²) in [5, 5.41) is 9.32. The quantitative estimate of drug-likeness (QED) is 0.493. The number of benzene rings is 2. The molecule has 1 aromatic heterocycles. The third-order valence-corrected chi connectivity index (χ3v) is 5.35. The van der Waals surface area contributed by atoms with Gasteiger partial charge in [-0.2, -0.15) is 0 Å². The zero-order valence-electron chi connectivity index (χ0n) is 14.7. The van der Waals surface area contributed by atoms with Gasteiger partial charge in [-0.15, -0.1) is 11.8 Å². The van der Waals surface area contributed by atoms with Crippen molar-refractivity contribution in [3.63, 3.8) is 0 Å². The molecule has 3 nitrogen and oxygen atoms in total. The van der Waals surface area contributed by atoms with Crippen LogP contribution in [0.4, 0.5) is 4.39 Å². The van der Waals surface area contributed by atoms with Crippen LogP contribution in [0.5, 0.6) is 5.75 Å². The number of aryl methyl sites for hydroxylation is 1. The first kappa shape index (κ1) is 18.3. The van der Waals surface area contributed by atoms with E-state index < -0.39 is 0 Å². The number of rotatable bonds is 6. The predicted molar refractivity (Wildman–Crippen MR) is 103 cm³/mol. The molecule has 5 heteroatoms. The molecule has 0 fully saturated rings. The first-order valence-electron chi connectivity index (χ1n) is 8.30. The van der Waals surface area contributed by atoms with Gasteiger partial charge in [0.15, 0.2) is 5.78 Å². The molecule has 0 bridgehead atoms. The summed E-state index contributed by atoms with van der Waals surface area (Å²) in [7, 11) is 0. The van der Waals surface area contributed by atoms with Crippen molar-refractivity contribution in [2.75, 3.05) is 5.75 Å². The van der Waals surface area contributed by atoms with Gasteiger partial charge in [0.2, 0.25) is 0 Å². The Balaban J connectivity index is 1.72. The number of hydrogen-bond acceptors (Lipinski definition) is 3. The minimum Gasteiger partial charge on any atom is -0.508 e. The zero-order chi connectivity index (χ0) is 18.7. The van der Waals surface area contributed by atoms with Crippen LogP contribution in [0, 0.1) is 19.7 Å². The number of aromatic hydroxyl groups is 1. The highest BCUT2D eigenvalue weighted by Crippen LogP contribution is 2.24. The van der Waals surface area contributed by atoms with Crippen LogP contribution in [-0.2, 0) is 6.54 Å². The summed E-state index contributed by atoms with van der Waals surface area (Å²) in [5.41, 5.74) is 3.63. The SMILES string of the molecule is Cc1cc(C(=O)CSc2ccc(O)cc2)c(C)n1Cc1ccc(F)cc1. The molecule has 0 amide bonds. The van der Waals surface area contributed by atoms with E-state index in [1.54, 1.807) is 36.4 Å². The van der Waals surface area contributed by atoms with Crippen LogP contribution in [0.15, 0.2) is 59.5 Å². The number of ketones is 1. The second-order valence-electron chi connectivity index (χ2n) is 6.20. The van der Waals surface area contributed by atoms with Crippen molar-refractivity contribution in [3.05, 3.63) is 82.9 Å². The molecule has 0 spiro atoms. The molecule has 2 aromatic carbocycles. The monoisotopic (exact) mass is 369 g/mol. The number of aromatic nitrogens is 1. The van der Waals surface area contributed by atoms with Gasteiger partial charge in [-0.3, -0.25) is 4.79 Å². The Kier molecular flexibility index (Phi) is 5.47. The van der Waals surface area contributed by atoms with Crippen LogP contribution in [-0.4, -0.2) is 21.2 Å². The fourth-order valence-corrected chi connectivity index (χ4v) is 3.65. The number of nitrogens with zero attached hydrogens (tertiary/aromatic N) is 1. The molecule has 1 heterocycles. The van der Waals surface area contributed by atoms with Gasteiger partial charge in [0.1, 0.15) is 11.6 Å². The Bertz CT molecular complexity index is 914. The molecular weight excluding hydrogens is 349 g/mol. The Morgan fingerprint density at radius 1 is 1.08 bits per heavy atom. The summed E-state index contributed by atoms with van der Waals surface area (Å²) in [5.74, 6) is 0.370. The first-order valence-corrected chi connectivity index (χ1v) is 9.29. The summed E-state index contributed by atoms with van der Waals surface area (Å²) in [6.45, 7) is 4.52. The van der Waals surface area contributed by atoms with Crippen molar-refractivity contribution in [1.82, 2.24) is 4.57 Å². The van der Waals surface area contributed by atoms with E-state index >= 15 is 0 Å². The lowest BCUT2D eigenvalue weighted by Crippen LogP contribution is -2.07. The van der Waals surface area contributed by atoms with Gasteiger partial charge in [-0.1, -0.05) is 12.1 Å². The predicted octanol–water partition coefficient (Wildman–Crippen LogP) is 4.97. The summed E-state index contributed by atoms with van der Waals surface area (Å²) < 4.78 is 15.1. The summed E-state index contributed by atoms with van der Waals surface area (Å²) in [6, 6.07) is 15.2. The third-order valence-electron chi connectivity index (χ3n) is 4.33. The molecule has 0 unspecified atom stereocenters. The third kappa shape index (κ3) is 4.17. The maximum Gasteiger partial charge on any atom is 0.174 e. The lowest BCUT2D eigenvalue weighted by Gasteiger charge is -2.10. The number of thioether (sulfide) groups is 1. The molecule has 134 valence electrons. The molecular formula is C21H20FNO2S. The van der Waals surface area contributed by atoms with Crippen LogP contribution in [0.3, 0.4) is 0 Å². The van der Waals surface area contributed by atoms with Crippen molar-refractivity contribution >= 4 is 17.5 Å². The summed E-state index contributed by atoms with van der Waals surface area (Å²) in [6.07, 6.45) is 0. The van der Waals surface area contributed by atoms with Crippen molar-refractivity contribution in [1.29, 1.82) is 0 Å². The molecule has 0 atom stereocenters. The highest BCUT2D eigenvalue weighted by molar-refractivity contribution is 8.00. The Hall–Kier alpha value is -2.53. The van der Waals surface area contributed by atoms with E-state index in [-0.39, 0.29) is 17.3 Å². The number of carbonyl (C=O) groups is 1. The van der Waals surface area contributed by atoms with Gasteiger partial charge in [-0.05, 0) is 61.9 Å². The molecule has 3 aromatic rings. The maximum atomic E-state index is 13.1. The fraction of sp³-hybridized carbons (Fsp3) is 0.190. The average Bonchev–Trinajstić information content (AvgIpc) is 2.91. The van der Waals surface area contributed by atoms with Crippen molar-refractivity contribution in [2.24, 2.45) is 0 Å². The average molecular weight is 369 g/mol. The molecule has 0 aliphatic rings. The van der Waals surface area contributed by atoms with Crippen LogP contribution >= 0.6 is 11.8 Å². The minimum atomic E-state index is -0.253. The number of phenolic OH excluding ortho intramolecular Hbond substituents is 1. The molecule has 1 N–H and O–H groups in total. The van der Waals surface area contributed by atoms with Crippen LogP contribution < -0.4 is 0 Å². The first-order chi connectivity index (χ1) is 12.4. The summed E-state index contributed by atoms with van der Waals surface area (Å²) in [4.78, 5) is 13.6. The van der Waals surface area contributed by atoms with E-state index in [9.17, 15) is 14.3 Å². The fourth-order valence-electron chi connectivity index (χ4n) is 2.87. The second-order valence-corrected chi connectivity index (χ2v) is 7.25. The van der Waals surface area contributed by atoms with Crippen LogP contribution in [0.1, 0.15) is 27.3 Å². The van der Waals surface area contributed by atoms with E-state index in [0.717, 1.165) is 27.4 Å². The van der Waals surface area contributed by atoms with Crippen molar-refractivity contribution < 1.29 is 14.3 Å². The van der Waals surface area contributed by atoms with Crippen molar-refractivity contribution in [3.8, 4) is 5.75 Å². The normalized spacial score (nSPS) is 10.9. The topological polar surface area (TPSA) is 42.2 Å². The number of hydrogen-bond donors (Lipinski definition) is 1. The van der Waals surface area contributed by atoms with E-state index in [1.165, 1.54) is 23.9 Å². The van der Waals surface area contributed by atoms with Gasteiger partial charge in [0.25, 0.3) is 0 Å². The van der Waals surface area contributed by atoms with E-state index in [4.69, 9.17) is 0 Å². The Morgan fingerprint density at radius 3 is 2.38 bits per heavy atom. The van der Waals surface area contributed by atoms with Gasteiger partial charge >= 0.3 is 0 Å². The molecule has 0 aliphatic heterocycles. The number of phenols is 1. The zero-order valence-corrected chi connectivity index (χ0v) is 15.5. The molecule has 3 rings (SSSR count). The number of Topliss-reactive ketones (excluding diaryl/α,β-unsaturated/α-hetero) is 1. The molecule has 0 aliphatic carbocycles. The van der Waals surface area contributed by atoms with Gasteiger partial charge < -0.3 is 9.67 Å². The number of halogens is 1. The van der Waals surface area contributed by atoms with E-state index in [2.05, 4.69) is 4.57 Å². The molecule has 26 heavy (non-hydrogen) atoms. The maximum absolute atomic E-state index is 13.1. The Labute approximate surface area is 156 Å². The number of carbonyl (C=O) groups excluding carboxylic acids is 1. The van der Waals surface area contributed by atoms with Crippen LogP contribution in [0.2, 0.25) is 0 Å². The Morgan fingerprint density at radius 2 is 1.73 bits per heavy atom. The highest BCUT2D eigenvalue weighted by atomic mass is 32.2. The molecule has 0 saturated heterocycles. The lowest BCUT2D eigenvalue weighted by molar-refractivity contribution is 0.102. The van der Waals surface area contributed by atoms with Gasteiger partial charge in [-0.25, -0.2) is 4.39 Å². The minimum absolute atomic E-state index is 0.0709. The molecule has 0 saturated carbocycles. The van der Waals surface area contributed by atoms with E-state index in [0.29, 0.717) is 12.3 Å². The van der Waals surface area contributed by atoms with E-state index in [1.807, 2.05) is 19.9 Å². The summed E-state index contributed by atoms with van der Waals surface area (Å²) >= 11 is 1.45.